The third-order valence-electron chi connectivity index (χ3n) is 2.33. The van der Waals surface area contributed by atoms with E-state index in [1.807, 2.05) is 25.8 Å². The molecule has 0 bridgehead atoms. The molecular formula is C10H21NO3. The molecule has 0 amide bonds. The summed E-state index contributed by atoms with van der Waals surface area (Å²) in [4.78, 5) is 13.2. The van der Waals surface area contributed by atoms with Crippen LogP contribution in [-0.2, 0) is 9.53 Å². The van der Waals surface area contributed by atoms with Crippen molar-refractivity contribution in [3.63, 3.8) is 0 Å². The van der Waals surface area contributed by atoms with Gasteiger partial charge in [-0.05, 0) is 14.0 Å². The van der Waals surface area contributed by atoms with Crippen LogP contribution in [0.4, 0.5) is 0 Å². The molecular weight excluding hydrogens is 182 g/mol. The molecule has 4 heteroatoms. The standard InChI is InChI=1S/C10H21NO3/c1-5-10(13)8(2)11(3)6-9(12)7-14-4/h8-9,12H,5-7H2,1-4H3. The first kappa shape index (κ1) is 13.5. The molecule has 0 aromatic carbocycles. The molecule has 0 saturated carbocycles. The second kappa shape index (κ2) is 6.92. The summed E-state index contributed by atoms with van der Waals surface area (Å²) in [6.07, 6.45) is 0.00315. The molecule has 0 saturated heterocycles. The van der Waals surface area contributed by atoms with Gasteiger partial charge in [0.1, 0.15) is 5.78 Å². The summed E-state index contributed by atoms with van der Waals surface area (Å²) in [5.74, 6) is 0.192. The van der Waals surface area contributed by atoms with Crippen LogP contribution in [0.25, 0.3) is 0 Å². The number of hydrogen-bond acceptors (Lipinski definition) is 4. The Morgan fingerprint density at radius 2 is 2.14 bits per heavy atom. The number of rotatable bonds is 7. The average molecular weight is 203 g/mol. The Balaban J connectivity index is 3.93. The van der Waals surface area contributed by atoms with Gasteiger partial charge in [0.25, 0.3) is 0 Å². The second-order valence-electron chi connectivity index (χ2n) is 3.54. The van der Waals surface area contributed by atoms with E-state index in [1.165, 1.54) is 0 Å². The molecule has 0 aliphatic rings. The van der Waals surface area contributed by atoms with Crippen molar-refractivity contribution in [3.8, 4) is 0 Å². The number of likely N-dealkylation sites (N-methyl/N-ethyl adjacent to an activating group) is 1. The number of aliphatic hydroxyl groups is 1. The summed E-state index contributed by atoms with van der Waals surface area (Å²) in [6, 6.07) is -0.133. The second-order valence-corrected chi connectivity index (χ2v) is 3.54. The van der Waals surface area contributed by atoms with Crippen LogP contribution in [0.5, 0.6) is 0 Å². The van der Waals surface area contributed by atoms with Gasteiger partial charge in [0, 0.05) is 20.1 Å². The first-order chi connectivity index (χ1) is 6.52. The number of hydrogen-bond donors (Lipinski definition) is 1. The van der Waals surface area contributed by atoms with E-state index in [0.29, 0.717) is 19.6 Å². The van der Waals surface area contributed by atoms with E-state index in [0.717, 1.165) is 0 Å². The molecule has 0 aromatic rings. The van der Waals surface area contributed by atoms with E-state index in [2.05, 4.69) is 0 Å². The molecule has 1 N–H and O–H groups in total. The maximum Gasteiger partial charge on any atom is 0.149 e. The lowest BCUT2D eigenvalue weighted by atomic mass is 10.1. The van der Waals surface area contributed by atoms with Crippen molar-refractivity contribution in [1.82, 2.24) is 4.90 Å². The molecule has 0 aromatic heterocycles. The summed E-state index contributed by atoms with van der Waals surface area (Å²) in [5.41, 5.74) is 0. The predicted octanol–water partition coefficient (Wildman–Crippen LogP) is 0.293. The minimum Gasteiger partial charge on any atom is -0.389 e. The molecule has 0 rings (SSSR count). The zero-order valence-electron chi connectivity index (χ0n) is 9.49. The van der Waals surface area contributed by atoms with E-state index in [1.54, 1.807) is 7.11 Å². The molecule has 0 heterocycles. The Hall–Kier alpha value is -0.450. The Kier molecular flexibility index (Phi) is 6.70. The smallest absolute Gasteiger partial charge is 0.149 e. The molecule has 0 spiro atoms. The Morgan fingerprint density at radius 3 is 2.57 bits per heavy atom. The molecule has 2 unspecified atom stereocenters. The number of ketones is 1. The normalized spacial score (nSPS) is 15.6. The van der Waals surface area contributed by atoms with Crippen molar-refractivity contribution in [2.45, 2.75) is 32.4 Å². The lowest BCUT2D eigenvalue weighted by Crippen LogP contribution is -2.41. The number of aliphatic hydroxyl groups excluding tert-OH is 1. The Bertz CT molecular complexity index is 173. The fourth-order valence-electron chi connectivity index (χ4n) is 1.28. The zero-order valence-corrected chi connectivity index (χ0v) is 9.49. The van der Waals surface area contributed by atoms with Crippen LogP contribution in [0.2, 0.25) is 0 Å². The fourth-order valence-corrected chi connectivity index (χ4v) is 1.28. The highest BCUT2D eigenvalue weighted by Crippen LogP contribution is 2.01. The van der Waals surface area contributed by atoms with E-state index < -0.39 is 6.10 Å². The topological polar surface area (TPSA) is 49.8 Å². The molecule has 0 aliphatic carbocycles. The van der Waals surface area contributed by atoms with Gasteiger partial charge in [-0.2, -0.15) is 0 Å². The average Bonchev–Trinajstić information content (AvgIpc) is 2.15. The minimum atomic E-state index is -0.530. The quantitative estimate of drug-likeness (QED) is 0.646. The summed E-state index contributed by atoms with van der Waals surface area (Å²) in [6.45, 7) is 4.46. The number of carbonyl (C=O) groups excluding carboxylic acids is 1. The van der Waals surface area contributed by atoms with Gasteiger partial charge in [-0.1, -0.05) is 6.92 Å². The number of ether oxygens (including phenoxy) is 1. The van der Waals surface area contributed by atoms with E-state index in [4.69, 9.17) is 4.74 Å². The fraction of sp³-hybridized carbons (Fsp3) is 0.900. The first-order valence-corrected chi connectivity index (χ1v) is 4.92. The lowest BCUT2D eigenvalue weighted by Gasteiger charge is -2.25. The van der Waals surface area contributed by atoms with Crippen molar-refractivity contribution in [2.24, 2.45) is 0 Å². The lowest BCUT2D eigenvalue weighted by molar-refractivity contribution is -0.123. The highest BCUT2D eigenvalue weighted by molar-refractivity contribution is 5.83. The van der Waals surface area contributed by atoms with Crippen LogP contribution in [-0.4, -0.2) is 55.2 Å². The number of carbonyl (C=O) groups is 1. The van der Waals surface area contributed by atoms with Crippen molar-refractivity contribution in [3.05, 3.63) is 0 Å². The minimum absolute atomic E-state index is 0.133. The van der Waals surface area contributed by atoms with Crippen LogP contribution in [0, 0.1) is 0 Å². The van der Waals surface area contributed by atoms with Crippen molar-refractivity contribution in [1.29, 1.82) is 0 Å². The van der Waals surface area contributed by atoms with E-state index >= 15 is 0 Å². The Labute approximate surface area is 85.9 Å². The van der Waals surface area contributed by atoms with Crippen LogP contribution in [0.3, 0.4) is 0 Å². The van der Waals surface area contributed by atoms with E-state index in [9.17, 15) is 9.90 Å². The predicted molar refractivity (Wildman–Crippen MR) is 55.3 cm³/mol. The van der Waals surface area contributed by atoms with Crippen LogP contribution < -0.4 is 0 Å². The number of nitrogens with zero attached hydrogens (tertiary/aromatic N) is 1. The highest BCUT2D eigenvalue weighted by atomic mass is 16.5. The third kappa shape index (κ3) is 4.69. The van der Waals surface area contributed by atoms with Gasteiger partial charge >= 0.3 is 0 Å². The summed E-state index contributed by atoms with van der Waals surface area (Å²) >= 11 is 0. The van der Waals surface area contributed by atoms with Gasteiger partial charge < -0.3 is 9.84 Å². The summed E-state index contributed by atoms with van der Waals surface area (Å²) < 4.78 is 4.81. The highest BCUT2D eigenvalue weighted by Gasteiger charge is 2.18. The van der Waals surface area contributed by atoms with Gasteiger partial charge in [-0.3, -0.25) is 9.69 Å². The molecule has 4 nitrogen and oxygen atoms in total. The van der Waals surface area contributed by atoms with Gasteiger partial charge in [-0.25, -0.2) is 0 Å². The van der Waals surface area contributed by atoms with Gasteiger partial charge in [0.05, 0.1) is 18.8 Å². The van der Waals surface area contributed by atoms with Crippen molar-refractivity contribution in [2.75, 3.05) is 27.3 Å². The van der Waals surface area contributed by atoms with Gasteiger partial charge in [0.2, 0.25) is 0 Å². The molecule has 0 radical (unpaired) electrons. The molecule has 2 atom stereocenters. The maximum atomic E-state index is 11.3. The van der Waals surface area contributed by atoms with E-state index in [-0.39, 0.29) is 11.8 Å². The first-order valence-electron chi connectivity index (χ1n) is 4.92. The summed E-state index contributed by atoms with van der Waals surface area (Å²) in [7, 11) is 3.38. The SMILES string of the molecule is CCC(=O)C(C)N(C)CC(O)COC. The van der Waals surface area contributed by atoms with Crippen molar-refractivity contribution < 1.29 is 14.6 Å². The molecule has 0 fully saturated rings. The number of Topliss-reactive ketones (excluding diaryl/α,β-unsaturated/α-hetero) is 1. The third-order valence-corrected chi connectivity index (χ3v) is 2.33. The molecule has 0 aliphatic heterocycles. The zero-order chi connectivity index (χ0) is 11.1. The van der Waals surface area contributed by atoms with Crippen LogP contribution in [0.1, 0.15) is 20.3 Å². The summed E-state index contributed by atoms with van der Waals surface area (Å²) in [5, 5.41) is 9.44. The molecule has 14 heavy (non-hydrogen) atoms. The largest absolute Gasteiger partial charge is 0.389 e. The monoisotopic (exact) mass is 203 g/mol. The Morgan fingerprint density at radius 1 is 1.57 bits per heavy atom. The van der Waals surface area contributed by atoms with Crippen molar-refractivity contribution >= 4 is 5.78 Å². The van der Waals surface area contributed by atoms with Gasteiger partial charge in [0.15, 0.2) is 0 Å². The van der Waals surface area contributed by atoms with Gasteiger partial charge in [-0.15, -0.1) is 0 Å². The maximum absolute atomic E-state index is 11.3. The molecule has 84 valence electrons. The van der Waals surface area contributed by atoms with Crippen LogP contribution in [0.15, 0.2) is 0 Å². The number of methoxy groups -OCH3 is 1. The van der Waals surface area contributed by atoms with Crippen LogP contribution >= 0.6 is 0 Å².